The number of nitrogens with zero attached hydrogens (tertiary/aromatic N) is 1. The Morgan fingerprint density at radius 1 is 0.929 bits per heavy atom. The molecule has 1 unspecified atom stereocenters. The van der Waals surface area contributed by atoms with Crippen LogP contribution in [0.15, 0.2) is 94.0 Å². The van der Waals surface area contributed by atoms with Crippen molar-refractivity contribution in [2.45, 2.75) is 24.0 Å². The van der Waals surface area contributed by atoms with E-state index in [0.717, 1.165) is 4.90 Å². The highest BCUT2D eigenvalue weighted by molar-refractivity contribution is 8.00. The third kappa shape index (κ3) is 8.01. The number of aromatic nitrogens is 1. The van der Waals surface area contributed by atoms with Gasteiger partial charge in [-0.15, -0.1) is 11.8 Å². The van der Waals surface area contributed by atoms with Crippen LogP contribution in [0.3, 0.4) is 0 Å². The number of methoxy groups -OCH3 is 2. The molecule has 4 aromatic rings. The fourth-order valence-corrected chi connectivity index (χ4v) is 4.64. The molecule has 1 aromatic heterocycles. The van der Waals surface area contributed by atoms with E-state index in [1.54, 1.807) is 92.7 Å². The molecule has 10 nitrogen and oxygen atoms in total. The third-order valence-electron chi connectivity index (χ3n) is 5.94. The van der Waals surface area contributed by atoms with E-state index in [2.05, 4.69) is 21.1 Å². The van der Waals surface area contributed by atoms with Crippen LogP contribution in [0.1, 0.15) is 28.6 Å². The molecule has 0 spiro atoms. The Balaban J connectivity index is 1.50. The van der Waals surface area contributed by atoms with Crippen molar-refractivity contribution in [3.8, 4) is 11.5 Å². The molecule has 4 rings (SSSR count). The number of ether oxygens (including phenoxy) is 2. The first-order valence-electron chi connectivity index (χ1n) is 12.9. The molecule has 0 aliphatic heterocycles. The zero-order valence-electron chi connectivity index (χ0n) is 23.5. The van der Waals surface area contributed by atoms with Gasteiger partial charge in [-0.25, -0.2) is 0 Å². The first-order valence-corrected chi connectivity index (χ1v) is 13.8. The Morgan fingerprint density at radius 2 is 1.67 bits per heavy atom. The number of anilines is 2. The van der Waals surface area contributed by atoms with Gasteiger partial charge in [0.25, 0.3) is 11.8 Å². The van der Waals surface area contributed by atoms with Gasteiger partial charge in [-0.3, -0.25) is 14.4 Å². The van der Waals surface area contributed by atoms with Gasteiger partial charge >= 0.3 is 0 Å². The lowest BCUT2D eigenvalue weighted by atomic mass is 10.1. The Hall–Kier alpha value is -5.03. The molecule has 11 heteroatoms. The highest BCUT2D eigenvalue weighted by Gasteiger charge is 2.18. The van der Waals surface area contributed by atoms with E-state index in [9.17, 15) is 14.4 Å². The molecular formula is C31H30N4O6S. The van der Waals surface area contributed by atoms with Crippen LogP contribution in [-0.2, 0) is 9.59 Å². The Kier molecular flexibility index (Phi) is 10.0. The van der Waals surface area contributed by atoms with E-state index in [0.29, 0.717) is 39.9 Å². The maximum absolute atomic E-state index is 13.4. The van der Waals surface area contributed by atoms with Gasteiger partial charge in [0.2, 0.25) is 5.91 Å². The van der Waals surface area contributed by atoms with E-state index in [1.807, 2.05) is 0 Å². The van der Waals surface area contributed by atoms with E-state index < -0.39 is 17.1 Å². The van der Waals surface area contributed by atoms with Crippen LogP contribution < -0.4 is 25.4 Å². The Labute approximate surface area is 247 Å². The first kappa shape index (κ1) is 29.9. The maximum Gasteiger partial charge on any atom is 0.272 e. The van der Waals surface area contributed by atoms with Crippen LogP contribution in [-0.4, -0.2) is 42.3 Å². The average Bonchev–Trinajstić information content (AvgIpc) is 3.42. The van der Waals surface area contributed by atoms with Crippen molar-refractivity contribution < 1.29 is 28.4 Å². The topological polar surface area (TPSA) is 132 Å². The number of nitrogens with one attached hydrogen (secondary N) is 3. The number of aryl methyl sites for hydroxylation is 1. The minimum Gasteiger partial charge on any atom is -0.497 e. The van der Waals surface area contributed by atoms with Crippen LogP contribution in [0.5, 0.6) is 11.5 Å². The molecule has 216 valence electrons. The molecule has 3 aromatic carbocycles. The van der Waals surface area contributed by atoms with Gasteiger partial charge in [-0.05, 0) is 74.5 Å². The number of amides is 3. The normalized spacial score (nSPS) is 11.8. The molecule has 0 aliphatic carbocycles. The van der Waals surface area contributed by atoms with Crippen molar-refractivity contribution in [1.82, 2.24) is 10.5 Å². The summed E-state index contributed by atoms with van der Waals surface area (Å²) in [4.78, 5) is 39.7. The summed E-state index contributed by atoms with van der Waals surface area (Å²) in [7, 11) is 3.05. The summed E-state index contributed by atoms with van der Waals surface area (Å²) in [5, 5.41) is 11.6. The van der Waals surface area contributed by atoms with Crippen LogP contribution in [0.2, 0.25) is 0 Å². The summed E-state index contributed by atoms with van der Waals surface area (Å²) >= 11 is 1.35. The molecule has 3 amide bonds. The highest BCUT2D eigenvalue weighted by atomic mass is 32.2. The minimum atomic E-state index is -0.541. The predicted octanol–water partition coefficient (Wildman–Crippen LogP) is 5.53. The quantitative estimate of drug-likeness (QED) is 0.154. The molecule has 0 radical (unpaired) electrons. The third-order valence-corrected chi connectivity index (χ3v) is 7.05. The zero-order chi connectivity index (χ0) is 30.1. The van der Waals surface area contributed by atoms with Gasteiger partial charge in [0.05, 0.1) is 19.5 Å². The smallest absolute Gasteiger partial charge is 0.272 e. The number of carbonyl (C=O) groups is 3. The van der Waals surface area contributed by atoms with Crippen LogP contribution in [0.25, 0.3) is 6.08 Å². The zero-order valence-corrected chi connectivity index (χ0v) is 24.3. The molecule has 0 bridgehead atoms. The molecule has 0 saturated heterocycles. The summed E-state index contributed by atoms with van der Waals surface area (Å²) in [6, 6.07) is 22.4. The largest absolute Gasteiger partial charge is 0.497 e. The molecular weight excluding hydrogens is 556 g/mol. The summed E-state index contributed by atoms with van der Waals surface area (Å²) in [5.41, 5.74) is 1.43. The van der Waals surface area contributed by atoms with Crippen LogP contribution in [0.4, 0.5) is 11.5 Å². The van der Waals surface area contributed by atoms with E-state index in [1.165, 1.54) is 32.1 Å². The van der Waals surface area contributed by atoms with Crippen molar-refractivity contribution in [1.29, 1.82) is 0 Å². The van der Waals surface area contributed by atoms with Gasteiger partial charge in [0, 0.05) is 27.8 Å². The summed E-state index contributed by atoms with van der Waals surface area (Å²) in [6.07, 6.45) is 1.53. The molecule has 0 aliphatic rings. The molecule has 1 atom stereocenters. The number of benzene rings is 3. The Morgan fingerprint density at radius 3 is 2.31 bits per heavy atom. The molecule has 3 N–H and O–H groups in total. The molecule has 0 fully saturated rings. The fourth-order valence-electron chi connectivity index (χ4n) is 3.78. The summed E-state index contributed by atoms with van der Waals surface area (Å²) in [6.45, 7) is 3.52. The molecule has 42 heavy (non-hydrogen) atoms. The van der Waals surface area contributed by atoms with Gasteiger partial charge in [0.1, 0.15) is 23.0 Å². The van der Waals surface area contributed by atoms with Crippen molar-refractivity contribution in [2.24, 2.45) is 0 Å². The van der Waals surface area contributed by atoms with Crippen molar-refractivity contribution in [2.75, 3.05) is 24.9 Å². The van der Waals surface area contributed by atoms with E-state index in [-0.39, 0.29) is 11.6 Å². The minimum absolute atomic E-state index is 0.00208. The SMILES string of the molecule is COc1ccc(OC)c(/C=C(\NC(=O)c2ccccc2)C(=O)Nc2ccc(SC(C)C(=O)Nc3cc(C)on3)cc2)c1. The summed E-state index contributed by atoms with van der Waals surface area (Å²) < 4.78 is 15.7. The van der Waals surface area contributed by atoms with Gasteiger partial charge < -0.3 is 29.9 Å². The van der Waals surface area contributed by atoms with E-state index in [4.69, 9.17) is 14.0 Å². The van der Waals surface area contributed by atoms with Gasteiger partial charge in [0.15, 0.2) is 5.82 Å². The number of thioether (sulfide) groups is 1. The van der Waals surface area contributed by atoms with Gasteiger partial charge in [-0.2, -0.15) is 0 Å². The molecule has 1 heterocycles. The lowest BCUT2D eigenvalue weighted by molar-refractivity contribution is -0.115. The number of hydrogen-bond acceptors (Lipinski definition) is 8. The van der Waals surface area contributed by atoms with Crippen molar-refractivity contribution in [3.05, 3.63) is 101 Å². The van der Waals surface area contributed by atoms with Crippen molar-refractivity contribution in [3.63, 3.8) is 0 Å². The monoisotopic (exact) mass is 586 g/mol. The second-order valence-electron chi connectivity index (χ2n) is 9.04. The van der Waals surface area contributed by atoms with Crippen molar-refractivity contribution >= 4 is 47.1 Å². The first-order chi connectivity index (χ1) is 20.2. The number of hydrogen-bond donors (Lipinski definition) is 3. The van der Waals surface area contributed by atoms with E-state index >= 15 is 0 Å². The van der Waals surface area contributed by atoms with Crippen LogP contribution >= 0.6 is 11.8 Å². The number of rotatable bonds is 11. The van der Waals surface area contributed by atoms with Crippen LogP contribution in [0, 0.1) is 6.92 Å². The molecule has 0 saturated carbocycles. The fraction of sp³-hybridized carbons (Fsp3) is 0.161. The highest BCUT2D eigenvalue weighted by Crippen LogP contribution is 2.28. The lowest BCUT2D eigenvalue weighted by Crippen LogP contribution is -2.30. The summed E-state index contributed by atoms with van der Waals surface area (Å²) in [5.74, 6) is 0.805. The van der Waals surface area contributed by atoms with Gasteiger partial charge in [-0.1, -0.05) is 23.4 Å². The predicted molar refractivity (Wildman–Crippen MR) is 162 cm³/mol. The second kappa shape index (κ2) is 14.0. The Bertz CT molecular complexity index is 1580. The lowest BCUT2D eigenvalue weighted by Gasteiger charge is -2.14. The second-order valence-corrected chi connectivity index (χ2v) is 10.5. The maximum atomic E-state index is 13.4. The average molecular weight is 587 g/mol. The number of carbonyl (C=O) groups excluding carboxylic acids is 3. The standard InChI is InChI=1S/C31H30N4O6S/c1-19-16-28(35-41-19)34-29(36)20(2)42-25-13-10-23(11-14-25)32-31(38)26(33-30(37)21-8-6-5-7-9-21)18-22-17-24(39-3)12-15-27(22)40-4/h5-18,20H,1-4H3,(H,32,38)(H,33,37)(H,34,35,36)/b26-18-.